The van der Waals surface area contributed by atoms with Gasteiger partial charge in [0.05, 0.1) is 5.56 Å². The second kappa shape index (κ2) is 7.05. The van der Waals surface area contributed by atoms with Gasteiger partial charge in [-0.05, 0) is 48.5 Å². The molecule has 4 nitrogen and oxygen atoms in total. The SMILES string of the molecule is N#CC(C(=O)Nc1ccc(C(F)(F)F)cc1)=C(O)c1ccc(F)cc1. The van der Waals surface area contributed by atoms with Crippen molar-refractivity contribution in [2.75, 3.05) is 5.32 Å². The second-order valence-electron chi connectivity index (χ2n) is 4.87. The number of benzene rings is 2. The number of alkyl halides is 3. The van der Waals surface area contributed by atoms with Gasteiger partial charge < -0.3 is 10.4 Å². The smallest absolute Gasteiger partial charge is 0.416 e. The number of nitriles is 1. The van der Waals surface area contributed by atoms with Crippen molar-refractivity contribution in [2.45, 2.75) is 6.18 Å². The van der Waals surface area contributed by atoms with Crippen molar-refractivity contribution in [2.24, 2.45) is 0 Å². The van der Waals surface area contributed by atoms with E-state index in [0.29, 0.717) is 0 Å². The van der Waals surface area contributed by atoms with Gasteiger partial charge in [-0.15, -0.1) is 0 Å². The molecule has 0 spiro atoms. The van der Waals surface area contributed by atoms with Gasteiger partial charge in [-0.25, -0.2) is 4.39 Å². The number of hydrogen-bond donors (Lipinski definition) is 2. The molecule has 0 unspecified atom stereocenters. The summed E-state index contributed by atoms with van der Waals surface area (Å²) in [5.41, 5.74) is -1.50. The second-order valence-corrected chi connectivity index (χ2v) is 4.87. The standard InChI is InChI=1S/C17H10F4N2O2/c18-12-5-1-10(2-6-12)15(24)14(9-22)16(25)23-13-7-3-11(4-8-13)17(19,20)21/h1-8,24H,(H,23,25). The zero-order valence-electron chi connectivity index (χ0n) is 12.4. The van der Waals surface area contributed by atoms with Crippen LogP contribution in [0.5, 0.6) is 0 Å². The van der Waals surface area contributed by atoms with Crippen molar-refractivity contribution in [1.82, 2.24) is 0 Å². The molecule has 2 rings (SSSR count). The van der Waals surface area contributed by atoms with Crippen molar-refractivity contribution in [3.05, 3.63) is 71.0 Å². The molecule has 0 saturated carbocycles. The first kappa shape index (κ1) is 18.0. The highest BCUT2D eigenvalue weighted by atomic mass is 19.4. The van der Waals surface area contributed by atoms with E-state index in [9.17, 15) is 27.5 Å². The molecule has 2 aromatic rings. The third-order valence-corrected chi connectivity index (χ3v) is 3.16. The van der Waals surface area contributed by atoms with Gasteiger partial charge in [-0.1, -0.05) is 0 Å². The monoisotopic (exact) mass is 350 g/mol. The zero-order valence-corrected chi connectivity index (χ0v) is 12.4. The van der Waals surface area contributed by atoms with E-state index in [1.54, 1.807) is 0 Å². The predicted octanol–water partition coefficient (Wildman–Crippen LogP) is 4.28. The molecule has 0 bridgehead atoms. The first-order chi connectivity index (χ1) is 11.7. The fourth-order valence-corrected chi connectivity index (χ4v) is 1.90. The summed E-state index contributed by atoms with van der Waals surface area (Å²) in [4.78, 5) is 12.1. The lowest BCUT2D eigenvalue weighted by Crippen LogP contribution is -2.15. The molecule has 25 heavy (non-hydrogen) atoms. The maximum absolute atomic E-state index is 12.9. The quantitative estimate of drug-likeness (QED) is 0.376. The minimum Gasteiger partial charge on any atom is -0.506 e. The zero-order chi connectivity index (χ0) is 18.6. The van der Waals surface area contributed by atoms with Crippen LogP contribution in [-0.4, -0.2) is 11.0 Å². The summed E-state index contributed by atoms with van der Waals surface area (Å²) in [6, 6.07) is 9.51. The first-order valence-corrected chi connectivity index (χ1v) is 6.80. The molecule has 0 radical (unpaired) electrons. The number of hydrogen-bond acceptors (Lipinski definition) is 3. The van der Waals surface area contributed by atoms with Crippen LogP contribution in [0.1, 0.15) is 11.1 Å². The topological polar surface area (TPSA) is 73.1 Å². The van der Waals surface area contributed by atoms with Gasteiger partial charge in [-0.3, -0.25) is 4.79 Å². The third-order valence-electron chi connectivity index (χ3n) is 3.16. The third kappa shape index (κ3) is 4.35. The van der Waals surface area contributed by atoms with Crippen molar-refractivity contribution in [1.29, 1.82) is 5.26 Å². The number of carbonyl (C=O) groups excluding carboxylic acids is 1. The Morgan fingerprint density at radius 1 is 1.04 bits per heavy atom. The average molecular weight is 350 g/mol. The van der Waals surface area contributed by atoms with E-state index in [2.05, 4.69) is 5.32 Å². The van der Waals surface area contributed by atoms with Crippen LogP contribution in [0.2, 0.25) is 0 Å². The van der Waals surface area contributed by atoms with Crippen LogP contribution in [-0.2, 0) is 11.0 Å². The number of aliphatic hydroxyl groups excluding tert-OH is 1. The molecule has 0 aliphatic heterocycles. The molecule has 0 aliphatic rings. The van der Waals surface area contributed by atoms with Crippen LogP contribution in [0.3, 0.4) is 0 Å². The summed E-state index contributed by atoms with van der Waals surface area (Å²) >= 11 is 0. The van der Waals surface area contributed by atoms with Gasteiger partial charge in [0.25, 0.3) is 5.91 Å². The van der Waals surface area contributed by atoms with Crippen LogP contribution < -0.4 is 5.32 Å². The van der Waals surface area contributed by atoms with E-state index in [4.69, 9.17) is 5.26 Å². The van der Waals surface area contributed by atoms with Gasteiger partial charge in [0, 0.05) is 11.3 Å². The summed E-state index contributed by atoms with van der Waals surface area (Å²) in [6.07, 6.45) is -4.51. The molecule has 2 N–H and O–H groups in total. The fraction of sp³-hybridized carbons (Fsp3) is 0.0588. The number of anilines is 1. The summed E-state index contributed by atoms with van der Waals surface area (Å²) in [5.74, 6) is -2.25. The van der Waals surface area contributed by atoms with Crippen molar-refractivity contribution in [3.8, 4) is 6.07 Å². The van der Waals surface area contributed by atoms with Crippen LogP contribution in [0, 0.1) is 17.1 Å². The molecule has 0 heterocycles. The number of nitrogens with zero attached hydrogens (tertiary/aromatic N) is 1. The summed E-state index contributed by atoms with van der Waals surface area (Å²) < 4.78 is 50.3. The van der Waals surface area contributed by atoms with E-state index in [-0.39, 0.29) is 11.3 Å². The summed E-state index contributed by atoms with van der Waals surface area (Å²) in [5, 5.41) is 21.3. The first-order valence-electron chi connectivity index (χ1n) is 6.80. The number of nitrogens with one attached hydrogen (secondary N) is 1. The molecule has 128 valence electrons. The fourth-order valence-electron chi connectivity index (χ4n) is 1.90. The maximum atomic E-state index is 12.9. The van der Waals surface area contributed by atoms with Gasteiger partial charge in [0.15, 0.2) is 5.57 Å². The average Bonchev–Trinajstić information content (AvgIpc) is 2.55. The lowest BCUT2D eigenvalue weighted by molar-refractivity contribution is -0.137. The highest BCUT2D eigenvalue weighted by Crippen LogP contribution is 2.30. The Hall–Kier alpha value is -3.34. The van der Waals surface area contributed by atoms with Crippen LogP contribution in [0.4, 0.5) is 23.2 Å². The minimum absolute atomic E-state index is 0.0117. The van der Waals surface area contributed by atoms with Crippen LogP contribution in [0.15, 0.2) is 54.1 Å². The van der Waals surface area contributed by atoms with E-state index >= 15 is 0 Å². The predicted molar refractivity (Wildman–Crippen MR) is 81.6 cm³/mol. The molecular formula is C17H10F4N2O2. The van der Waals surface area contributed by atoms with Crippen LogP contribution in [0.25, 0.3) is 5.76 Å². The maximum Gasteiger partial charge on any atom is 0.416 e. The highest BCUT2D eigenvalue weighted by Gasteiger charge is 2.30. The van der Waals surface area contributed by atoms with Gasteiger partial charge in [0.2, 0.25) is 0 Å². The Bertz CT molecular complexity index is 848. The van der Waals surface area contributed by atoms with Gasteiger partial charge in [-0.2, -0.15) is 18.4 Å². The van der Waals surface area contributed by atoms with Crippen molar-refractivity contribution >= 4 is 17.4 Å². The van der Waals surface area contributed by atoms with E-state index in [0.717, 1.165) is 36.4 Å². The van der Waals surface area contributed by atoms with Crippen LogP contribution >= 0.6 is 0 Å². The van der Waals surface area contributed by atoms with E-state index in [1.165, 1.54) is 18.2 Å². The Labute approximate surface area is 139 Å². The number of carbonyl (C=O) groups is 1. The highest BCUT2D eigenvalue weighted by molar-refractivity contribution is 6.10. The Kier molecular flexibility index (Phi) is 5.08. The lowest BCUT2D eigenvalue weighted by atomic mass is 10.1. The van der Waals surface area contributed by atoms with E-state index < -0.39 is 34.8 Å². The molecule has 8 heteroatoms. The molecule has 0 atom stereocenters. The molecule has 0 aliphatic carbocycles. The Morgan fingerprint density at radius 3 is 2.08 bits per heavy atom. The molecule has 1 amide bonds. The molecule has 0 aromatic heterocycles. The molecule has 0 fully saturated rings. The number of halogens is 4. The minimum atomic E-state index is -4.51. The largest absolute Gasteiger partial charge is 0.506 e. The normalized spacial score (nSPS) is 12.1. The summed E-state index contributed by atoms with van der Waals surface area (Å²) in [7, 11) is 0. The summed E-state index contributed by atoms with van der Waals surface area (Å²) in [6.45, 7) is 0. The Balaban J connectivity index is 2.24. The molecule has 2 aromatic carbocycles. The number of rotatable bonds is 3. The molecule has 0 saturated heterocycles. The Morgan fingerprint density at radius 2 is 1.60 bits per heavy atom. The number of amides is 1. The molecular weight excluding hydrogens is 340 g/mol. The number of aliphatic hydroxyl groups is 1. The van der Waals surface area contributed by atoms with Gasteiger partial charge in [0.1, 0.15) is 17.6 Å². The van der Waals surface area contributed by atoms with Crippen molar-refractivity contribution < 1.29 is 27.5 Å². The lowest BCUT2D eigenvalue weighted by Gasteiger charge is -2.09. The van der Waals surface area contributed by atoms with E-state index in [1.807, 2.05) is 0 Å². The van der Waals surface area contributed by atoms with Crippen molar-refractivity contribution in [3.63, 3.8) is 0 Å². The van der Waals surface area contributed by atoms with Gasteiger partial charge >= 0.3 is 6.18 Å².